The van der Waals surface area contributed by atoms with Gasteiger partial charge < -0.3 is 29.5 Å². The van der Waals surface area contributed by atoms with E-state index in [0.717, 1.165) is 41.3 Å². The number of rotatable bonds is 9. The molecule has 0 radical (unpaired) electrons. The molecule has 4 aromatic rings. The van der Waals surface area contributed by atoms with Gasteiger partial charge in [-0.2, -0.15) is 0 Å². The van der Waals surface area contributed by atoms with Crippen molar-refractivity contribution in [2.75, 3.05) is 37.5 Å². The fraction of sp³-hybridized carbons (Fsp3) is 0.219. The van der Waals surface area contributed by atoms with Gasteiger partial charge in [0.15, 0.2) is 6.10 Å². The van der Waals surface area contributed by atoms with Crippen LogP contribution in [0, 0.1) is 0 Å². The summed E-state index contributed by atoms with van der Waals surface area (Å²) in [5.41, 5.74) is 5.75. The smallest absolute Gasteiger partial charge is 0.339 e. The molecule has 2 N–H and O–H groups in total. The molecule has 7 nitrogen and oxygen atoms in total. The molecule has 0 aromatic heterocycles. The number of para-hydroxylation sites is 1. The van der Waals surface area contributed by atoms with Crippen LogP contribution in [0.25, 0.3) is 11.1 Å². The van der Waals surface area contributed by atoms with Crippen molar-refractivity contribution in [3.8, 4) is 28.4 Å². The highest BCUT2D eigenvalue weighted by Crippen LogP contribution is 2.48. The molecular weight excluding hydrogens is 492 g/mol. The number of carbonyl (C=O) groups is 1. The molecule has 0 bridgehead atoms. The van der Waals surface area contributed by atoms with Crippen LogP contribution in [0.1, 0.15) is 41.4 Å². The molecule has 0 amide bonds. The highest BCUT2D eigenvalue weighted by atomic mass is 16.5. The SMILES string of the molecule is CCN(CC)c1ccc([C@H]2OC(=O)c3cccc(-c4cc(Nc5ccccc5)c(OC)cc4OC)c32)c(O)c1. The molecule has 0 saturated heterocycles. The number of cyclic esters (lactones) is 1. The fourth-order valence-electron chi connectivity index (χ4n) is 5.13. The number of hydrogen-bond acceptors (Lipinski definition) is 7. The maximum absolute atomic E-state index is 13.0. The molecule has 0 aliphatic carbocycles. The molecule has 7 heteroatoms. The topological polar surface area (TPSA) is 80.3 Å². The van der Waals surface area contributed by atoms with Crippen molar-refractivity contribution in [2.45, 2.75) is 20.0 Å². The molecule has 0 spiro atoms. The lowest BCUT2D eigenvalue weighted by Crippen LogP contribution is -2.21. The minimum atomic E-state index is -0.771. The maximum atomic E-state index is 13.0. The Morgan fingerprint density at radius 1 is 0.846 bits per heavy atom. The predicted octanol–water partition coefficient (Wildman–Crippen LogP) is 6.93. The highest BCUT2D eigenvalue weighted by molar-refractivity contribution is 5.98. The number of ether oxygens (including phenoxy) is 3. The van der Waals surface area contributed by atoms with Gasteiger partial charge in [0.2, 0.25) is 0 Å². The fourth-order valence-corrected chi connectivity index (χ4v) is 5.13. The predicted molar refractivity (Wildman–Crippen MR) is 154 cm³/mol. The van der Waals surface area contributed by atoms with Crippen molar-refractivity contribution in [3.63, 3.8) is 0 Å². The van der Waals surface area contributed by atoms with E-state index in [1.807, 2.05) is 66.7 Å². The summed E-state index contributed by atoms with van der Waals surface area (Å²) >= 11 is 0. The summed E-state index contributed by atoms with van der Waals surface area (Å²) in [6.07, 6.45) is -0.771. The van der Waals surface area contributed by atoms with Crippen LogP contribution in [-0.2, 0) is 4.74 Å². The molecule has 1 aliphatic heterocycles. The third kappa shape index (κ3) is 4.83. The lowest BCUT2D eigenvalue weighted by molar-refractivity contribution is 0.0453. The van der Waals surface area contributed by atoms with Gasteiger partial charge in [-0.15, -0.1) is 0 Å². The van der Waals surface area contributed by atoms with Gasteiger partial charge >= 0.3 is 5.97 Å². The van der Waals surface area contributed by atoms with Crippen LogP contribution in [0.4, 0.5) is 17.1 Å². The number of aromatic hydroxyl groups is 1. The number of anilines is 3. The summed E-state index contributed by atoms with van der Waals surface area (Å²) in [5, 5.41) is 14.5. The minimum Gasteiger partial charge on any atom is -0.507 e. The zero-order valence-corrected chi connectivity index (χ0v) is 22.5. The van der Waals surface area contributed by atoms with E-state index in [2.05, 4.69) is 24.1 Å². The second-order valence-electron chi connectivity index (χ2n) is 9.21. The van der Waals surface area contributed by atoms with Gasteiger partial charge in [-0.05, 0) is 55.8 Å². The zero-order chi connectivity index (χ0) is 27.5. The summed E-state index contributed by atoms with van der Waals surface area (Å²) < 4.78 is 17.3. The van der Waals surface area contributed by atoms with Crippen LogP contribution in [0.3, 0.4) is 0 Å². The first-order valence-electron chi connectivity index (χ1n) is 13.0. The molecule has 0 saturated carbocycles. The molecule has 1 atom stereocenters. The third-order valence-corrected chi connectivity index (χ3v) is 7.10. The molecule has 39 heavy (non-hydrogen) atoms. The molecule has 5 rings (SSSR count). The van der Waals surface area contributed by atoms with E-state index < -0.39 is 12.1 Å². The number of esters is 1. The second kappa shape index (κ2) is 11.0. The van der Waals surface area contributed by atoms with Gasteiger partial charge in [-0.25, -0.2) is 4.79 Å². The first-order chi connectivity index (χ1) is 19.0. The molecule has 1 aliphatic rings. The summed E-state index contributed by atoms with van der Waals surface area (Å²) in [4.78, 5) is 15.1. The Hall–Kier alpha value is -4.65. The van der Waals surface area contributed by atoms with Crippen LogP contribution in [0.5, 0.6) is 17.2 Å². The normalized spacial score (nSPS) is 13.9. The largest absolute Gasteiger partial charge is 0.507 e. The van der Waals surface area contributed by atoms with Crippen LogP contribution in [0.2, 0.25) is 0 Å². The van der Waals surface area contributed by atoms with E-state index in [9.17, 15) is 9.90 Å². The van der Waals surface area contributed by atoms with Gasteiger partial charge in [0, 0.05) is 53.3 Å². The number of fused-ring (bicyclic) bond motifs is 1. The quantitative estimate of drug-likeness (QED) is 0.230. The number of phenols is 1. The van der Waals surface area contributed by atoms with E-state index in [0.29, 0.717) is 28.2 Å². The van der Waals surface area contributed by atoms with Gasteiger partial charge in [0.05, 0.1) is 25.5 Å². The van der Waals surface area contributed by atoms with E-state index in [4.69, 9.17) is 14.2 Å². The molecule has 0 unspecified atom stereocenters. The van der Waals surface area contributed by atoms with E-state index in [-0.39, 0.29) is 5.75 Å². The second-order valence-corrected chi connectivity index (χ2v) is 9.21. The molecule has 4 aromatic carbocycles. The summed E-state index contributed by atoms with van der Waals surface area (Å²) in [6, 6.07) is 24.6. The maximum Gasteiger partial charge on any atom is 0.339 e. The van der Waals surface area contributed by atoms with Crippen molar-refractivity contribution in [1.29, 1.82) is 0 Å². The number of nitrogens with one attached hydrogen (secondary N) is 1. The number of benzene rings is 4. The van der Waals surface area contributed by atoms with Gasteiger partial charge in [-0.1, -0.05) is 30.3 Å². The molecule has 0 fully saturated rings. The number of hydrogen-bond donors (Lipinski definition) is 2. The molecular formula is C32H32N2O5. The van der Waals surface area contributed by atoms with E-state index in [1.54, 1.807) is 26.4 Å². The Morgan fingerprint density at radius 3 is 2.23 bits per heavy atom. The first kappa shape index (κ1) is 26.0. The van der Waals surface area contributed by atoms with Crippen LogP contribution < -0.4 is 19.7 Å². The highest BCUT2D eigenvalue weighted by Gasteiger charge is 2.37. The van der Waals surface area contributed by atoms with Crippen LogP contribution >= 0.6 is 0 Å². The van der Waals surface area contributed by atoms with Crippen LogP contribution in [0.15, 0.2) is 78.9 Å². The number of nitrogens with zero attached hydrogens (tertiary/aromatic N) is 1. The Kier molecular flexibility index (Phi) is 7.32. The standard InChI is InChI=1S/C32H32N2O5/c1-5-34(6-2)21-15-16-23(27(35)17-21)31-30-22(13-10-14-24(30)32(36)39-31)25-18-26(29(38-4)19-28(25)37-3)33-20-11-8-7-9-12-20/h7-19,31,33,35H,5-6H2,1-4H3/t31-/m1/s1. The first-order valence-corrected chi connectivity index (χ1v) is 13.0. The van der Waals surface area contributed by atoms with E-state index in [1.165, 1.54) is 0 Å². The Bertz CT molecular complexity index is 1500. The molecule has 1 heterocycles. The van der Waals surface area contributed by atoms with E-state index >= 15 is 0 Å². The van der Waals surface area contributed by atoms with Gasteiger partial charge in [0.25, 0.3) is 0 Å². The lowest BCUT2D eigenvalue weighted by Gasteiger charge is -2.23. The zero-order valence-electron chi connectivity index (χ0n) is 22.5. The van der Waals surface area contributed by atoms with Gasteiger partial charge in [0.1, 0.15) is 17.2 Å². The Morgan fingerprint density at radius 2 is 1.56 bits per heavy atom. The van der Waals surface area contributed by atoms with Crippen molar-refractivity contribution >= 4 is 23.0 Å². The average molecular weight is 525 g/mol. The minimum absolute atomic E-state index is 0.0768. The van der Waals surface area contributed by atoms with Crippen molar-refractivity contribution in [1.82, 2.24) is 0 Å². The molecule has 200 valence electrons. The number of methoxy groups -OCH3 is 2. The lowest BCUT2D eigenvalue weighted by atomic mass is 9.89. The van der Waals surface area contributed by atoms with Crippen molar-refractivity contribution in [3.05, 3.63) is 95.6 Å². The van der Waals surface area contributed by atoms with Crippen molar-refractivity contribution < 1.29 is 24.1 Å². The summed E-state index contributed by atoms with van der Waals surface area (Å²) in [5.74, 6) is 0.839. The summed E-state index contributed by atoms with van der Waals surface area (Å²) in [7, 11) is 3.21. The number of carbonyl (C=O) groups excluding carboxylic acids is 1. The Labute approximate surface area is 228 Å². The van der Waals surface area contributed by atoms with Gasteiger partial charge in [-0.3, -0.25) is 0 Å². The monoisotopic (exact) mass is 524 g/mol. The third-order valence-electron chi connectivity index (χ3n) is 7.10. The average Bonchev–Trinajstić information content (AvgIpc) is 3.30. The Balaban J connectivity index is 1.64. The van der Waals surface area contributed by atoms with Crippen LogP contribution in [-0.4, -0.2) is 38.4 Å². The summed E-state index contributed by atoms with van der Waals surface area (Å²) in [6.45, 7) is 5.77. The van der Waals surface area contributed by atoms with Crippen molar-refractivity contribution in [2.24, 2.45) is 0 Å². The number of phenolic OH excluding ortho intramolecular Hbond substituents is 1.